The maximum Gasteiger partial charge on any atom is 0.348 e. The van der Waals surface area contributed by atoms with Gasteiger partial charge in [-0.1, -0.05) is 60.7 Å². The third-order valence-electron chi connectivity index (χ3n) is 5.39. The highest BCUT2D eigenvalue weighted by Crippen LogP contribution is 2.31. The summed E-state index contributed by atoms with van der Waals surface area (Å²) < 4.78 is 5.17. The van der Waals surface area contributed by atoms with Gasteiger partial charge >= 0.3 is 5.97 Å². The van der Waals surface area contributed by atoms with E-state index in [2.05, 4.69) is 5.32 Å². The van der Waals surface area contributed by atoms with E-state index in [1.807, 2.05) is 0 Å². The summed E-state index contributed by atoms with van der Waals surface area (Å²) in [6.45, 7) is -0.662. The quantitative estimate of drug-likeness (QED) is 0.446. The van der Waals surface area contributed by atoms with Crippen LogP contribution in [0.5, 0.6) is 0 Å². The molecule has 1 aliphatic rings. The Morgan fingerprint density at radius 3 is 2.00 bits per heavy atom. The molecule has 0 aliphatic carbocycles. The molecule has 166 valence electrons. The lowest BCUT2D eigenvalue weighted by molar-refractivity contribution is -0.163. The van der Waals surface area contributed by atoms with Crippen LogP contribution in [0.2, 0.25) is 0 Å². The summed E-state index contributed by atoms with van der Waals surface area (Å²) in [7, 11) is 1.38. The van der Waals surface area contributed by atoms with Gasteiger partial charge in [0.25, 0.3) is 17.7 Å². The fraction of sp³-hybridized carbons (Fsp3) is 0.120. The first-order valence-electron chi connectivity index (χ1n) is 10.1. The Hall–Kier alpha value is -4.30. The van der Waals surface area contributed by atoms with Crippen molar-refractivity contribution in [2.45, 2.75) is 5.60 Å². The molecule has 1 aliphatic heterocycles. The van der Waals surface area contributed by atoms with Gasteiger partial charge in [0, 0.05) is 12.7 Å². The number of rotatable bonds is 6. The van der Waals surface area contributed by atoms with Crippen molar-refractivity contribution in [1.29, 1.82) is 0 Å². The zero-order valence-corrected chi connectivity index (χ0v) is 17.6. The number of ether oxygens (including phenoxy) is 1. The molecular weight excluding hydrogens is 424 g/mol. The van der Waals surface area contributed by atoms with Crippen molar-refractivity contribution in [2.24, 2.45) is 0 Å². The third kappa shape index (κ3) is 3.99. The van der Waals surface area contributed by atoms with Gasteiger partial charge < -0.3 is 15.2 Å². The van der Waals surface area contributed by atoms with Gasteiger partial charge in [0.1, 0.15) is 0 Å². The average molecular weight is 444 g/mol. The van der Waals surface area contributed by atoms with E-state index in [0.717, 1.165) is 4.90 Å². The van der Waals surface area contributed by atoms with Gasteiger partial charge in [0.2, 0.25) is 5.60 Å². The lowest BCUT2D eigenvalue weighted by atomic mass is 9.86. The maximum atomic E-state index is 13.0. The standard InChI is InChI=1S/C25H20N2O6/c1-27-22(29)19-13-12-18(14-20(19)23(27)30)26-21(28)15-33-24(31)25(32,16-8-4-2-5-9-16)17-10-6-3-7-11-17/h2-14,32H,15H2,1H3,(H,26,28). The van der Waals surface area contributed by atoms with Gasteiger partial charge in [-0.05, 0) is 29.3 Å². The van der Waals surface area contributed by atoms with Crippen LogP contribution in [0.15, 0.2) is 78.9 Å². The molecule has 3 amide bonds. The topological polar surface area (TPSA) is 113 Å². The van der Waals surface area contributed by atoms with Gasteiger partial charge in [0.15, 0.2) is 6.61 Å². The minimum atomic E-state index is -2.10. The molecule has 8 nitrogen and oxygen atoms in total. The summed E-state index contributed by atoms with van der Waals surface area (Å²) >= 11 is 0. The highest BCUT2D eigenvalue weighted by molar-refractivity contribution is 6.21. The number of benzene rings is 3. The predicted molar refractivity (Wildman–Crippen MR) is 118 cm³/mol. The number of nitrogens with one attached hydrogen (secondary N) is 1. The van der Waals surface area contributed by atoms with Crippen molar-refractivity contribution in [3.05, 3.63) is 101 Å². The molecular formula is C25H20N2O6. The summed E-state index contributed by atoms with van der Waals surface area (Å²) in [6.07, 6.45) is 0. The van der Waals surface area contributed by atoms with Crippen LogP contribution in [0.25, 0.3) is 0 Å². The molecule has 0 fully saturated rings. The monoisotopic (exact) mass is 444 g/mol. The largest absolute Gasteiger partial charge is 0.453 e. The van der Waals surface area contributed by atoms with Gasteiger partial charge in [-0.3, -0.25) is 19.3 Å². The van der Waals surface area contributed by atoms with Gasteiger partial charge in [-0.25, -0.2) is 4.79 Å². The number of fused-ring (bicyclic) bond motifs is 1. The maximum absolute atomic E-state index is 13.0. The summed E-state index contributed by atoms with van der Waals surface area (Å²) in [5.74, 6) is -2.56. The third-order valence-corrected chi connectivity index (χ3v) is 5.39. The lowest BCUT2D eigenvalue weighted by Gasteiger charge is -2.26. The SMILES string of the molecule is CN1C(=O)c2ccc(NC(=O)COC(=O)C(O)(c3ccccc3)c3ccccc3)cc2C1=O. The summed E-state index contributed by atoms with van der Waals surface area (Å²) in [5.41, 5.74) is -0.802. The highest BCUT2D eigenvalue weighted by Gasteiger charge is 2.42. The first-order valence-corrected chi connectivity index (χ1v) is 10.1. The van der Waals surface area contributed by atoms with Gasteiger partial charge in [0.05, 0.1) is 11.1 Å². The van der Waals surface area contributed by atoms with E-state index in [4.69, 9.17) is 4.74 Å². The summed E-state index contributed by atoms with van der Waals surface area (Å²) in [6, 6.07) is 20.9. The van der Waals surface area contributed by atoms with Crippen molar-refractivity contribution in [2.75, 3.05) is 19.0 Å². The number of aliphatic hydroxyl groups is 1. The molecule has 0 radical (unpaired) electrons. The number of imide groups is 1. The van der Waals surface area contributed by atoms with Crippen LogP contribution in [-0.4, -0.2) is 47.4 Å². The lowest BCUT2D eigenvalue weighted by Crippen LogP contribution is -2.39. The van der Waals surface area contributed by atoms with Crippen LogP contribution in [0, 0.1) is 0 Å². The Bertz CT molecular complexity index is 1200. The Balaban J connectivity index is 1.48. The van der Waals surface area contributed by atoms with Crippen LogP contribution in [-0.2, 0) is 19.9 Å². The molecule has 3 aromatic rings. The molecule has 0 aromatic heterocycles. The van der Waals surface area contributed by atoms with Crippen LogP contribution >= 0.6 is 0 Å². The first-order chi connectivity index (χ1) is 15.8. The number of hydrogen-bond acceptors (Lipinski definition) is 6. The predicted octanol–water partition coefficient (Wildman–Crippen LogP) is 2.33. The molecule has 0 spiro atoms. The Kier molecular flexibility index (Phi) is 5.76. The molecule has 4 rings (SSSR count). The second kappa shape index (κ2) is 8.68. The molecule has 3 aromatic carbocycles. The average Bonchev–Trinajstić information content (AvgIpc) is 3.06. The van der Waals surface area contributed by atoms with E-state index >= 15 is 0 Å². The summed E-state index contributed by atoms with van der Waals surface area (Å²) in [5, 5.41) is 13.9. The number of hydrogen-bond donors (Lipinski definition) is 2. The molecule has 0 saturated carbocycles. The van der Waals surface area contributed by atoms with E-state index in [0.29, 0.717) is 11.1 Å². The first kappa shape index (κ1) is 21.9. The van der Waals surface area contributed by atoms with Crippen molar-refractivity contribution in [3.8, 4) is 0 Å². The zero-order chi connectivity index (χ0) is 23.6. The number of esters is 1. The molecule has 33 heavy (non-hydrogen) atoms. The minimum Gasteiger partial charge on any atom is -0.453 e. The number of anilines is 1. The smallest absolute Gasteiger partial charge is 0.348 e. The highest BCUT2D eigenvalue weighted by atomic mass is 16.6. The van der Waals surface area contributed by atoms with E-state index in [-0.39, 0.29) is 16.8 Å². The van der Waals surface area contributed by atoms with Crippen LogP contribution in [0.3, 0.4) is 0 Å². The second-order valence-electron chi connectivity index (χ2n) is 7.50. The molecule has 0 bridgehead atoms. The number of amides is 3. The van der Waals surface area contributed by atoms with Crippen molar-refractivity contribution in [3.63, 3.8) is 0 Å². The van der Waals surface area contributed by atoms with E-state index in [1.165, 1.54) is 25.2 Å². The molecule has 0 unspecified atom stereocenters. The van der Waals surface area contributed by atoms with E-state index in [9.17, 15) is 24.3 Å². The van der Waals surface area contributed by atoms with Crippen molar-refractivity contribution >= 4 is 29.4 Å². The zero-order valence-electron chi connectivity index (χ0n) is 17.6. The van der Waals surface area contributed by atoms with Crippen LogP contribution in [0.1, 0.15) is 31.8 Å². The fourth-order valence-electron chi connectivity index (χ4n) is 3.63. The molecule has 8 heteroatoms. The number of nitrogens with zero attached hydrogens (tertiary/aromatic N) is 1. The van der Waals surface area contributed by atoms with E-state index in [1.54, 1.807) is 60.7 Å². The van der Waals surface area contributed by atoms with Gasteiger partial charge in [-0.15, -0.1) is 0 Å². The van der Waals surface area contributed by atoms with E-state index < -0.39 is 35.9 Å². The molecule has 1 heterocycles. The molecule has 2 N–H and O–H groups in total. The Morgan fingerprint density at radius 1 is 0.879 bits per heavy atom. The minimum absolute atomic E-state index is 0.180. The normalized spacial score (nSPS) is 13.0. The molecule has 0 saturated heterocycles. The number of carbonyl (C=O) groups excluding carboxylic acids is 4. The fourth-order valence-corrected chi connectivity index (χ4v) is 3.63. The van der Waals surface area contributed by atoms with Crippen LogP contribution in [0.4, 0.5) is 5.69 Å². The Labute approximate surface area is 189 Å². The number of carbonyl (C=O) groups is 4. The van der Waals surface area contributed by atoms with Crippen LogP contribution < -0.4 is 5.32 Å². The Morgan fingerprint density at radius 2 is 1.42 bits per heavy atom. The van der Waals surface area contributed by atoms with Crippen molar-refractivity contribution in [1.82, 2.24) is 4.90 Å². The molecule has 0 atom stereocenters. The van der Waals surface area contributed by atoms with Gasteiger partial charge in [-0.2, -0.15) is 0 Å². The second-order valence-corrected chi connectivity index (χ2v) is 7.50. The summed E-state index contributed by atoms with van der Waals surface area (Å²) in [4.78, 5) is 50.5. The van der Waals surface area contributed by atoms with Crippen molar-refractivity contribution < 1.29 is 29.0 Å².